The fourth-order valence-electron chi connectivity index (χ4n) is 1.65. The average molecular weight is 323 g/mol. The normalized spacial score (nSPS) is 11.2. The number of hydrogen-bond donors (Lipinski definition) is 0. The van der Waals surface area contributed by atoms with Crippen molar-refractivity contribution < 1.29 is 36.2 Å². The summed E-state index contributed by atoms with van der Waals surface area (Å²) in [7, 11) is 0. The highest BCUT2D eigenvalue weighted by Crippen LogP contribution is 2.33. The molecule has 0 saturated carbocycles. The van der Waals surface area contributed by atoms with E-state index < -0.39 is 47.6 Å². The first kappa shape index (κ1) is 17.7. The van der Waals surface area contributed by atoms with Crippen LogP contribution in [-0.4, -0.2) is 18.9 Å². The Morgan fingerprint density at radius 2 is 2.00 bits per heavy atom. The minimum absolute atomic E-state index is 0.0215. The minimum atomic E-state index is -5.09. The Kier molecular flexibility index (Phi) is 5.68. The van der Waals surface area contributed by atoms with Crippen LogP contribution in [0.5, 0.6) is 5.75 Å². The van der Waals surface area contributed by atoms with Gasteiger partial charge in [-0.05, 0) is 19.1 Å². The summed E-state index contributed by atoms with van der Waals surface area (Å²) in [5.41, 5.74) is -1.89. The van der Waals surface area contributed by atoms with Crippen molar-refractivity contribution in [2.75, 3.05) is 6.61 Å². The molecule has 0 saturated heterocycles. The highest BCUT2D eigenvalue weighted by atomic mass is 19.4. The van der Waals surface area contributed by atoms with Gasteiger partial charge in [-0.25, -0.2) is 8.78 Å². The van der Waals surface area contributed by atoms with E-state index in [9.17, 15) is 26.7 Å². The minimum Gasteiger partial charge on any atom is -0.466 e. The molecule has 120 valence electrons. The van der Waals surface area contributed by atoms with Gasteiger partial charge in [-0.1, -0.05) is 0 Å². The lowest BCUT2D eigenvalue weighted by atomic mass is 10.0. The fourth-order valence-corrected chi connectivity index (χ4v) is 1.65. The Morgan fingerprint density at radius 3 is 2.45 bits per heavy atom. The number of alkyl halides is 5. The lowest BCUT2D eigenvalue weighted by Gasteiger charge is -2.15. The molecule has 0 radical (unpaired) electrons. The van der Waals surface area contributed by atoms with Crippen molar-refractivity contribution >= 4 is 5.97 Å². The zero-order chi connectivity index (χ0) is 16.9. The second-order valence-electron chi connectivity index (χ2n) is 3.99. The molecule has 0 heterocycles. The van der Waals surface area contributed by atoms with Crippen LogP contribution in [0.2, 0.25) is 0 Å². The van der Waals surface area contributed by atoms with Crippen molar-refractivity contribution in [3.05, 3.63) is 28.8 Å². The highest BCUT2D eigenvalue weighted by molar-refractivity contribution is 5.74. The van der Waals surface area contributed by atoms with Gasteiger partial charge >= 0.3 is 12.3 Å². The monoisotopic (exact) mass is 323 g/mol. The second kappa shape index (κ2) is 7.06. The molecule has 1 aromatic rings. The van der Waals surface area contributed by atoms with Crippen molar-refractivity contribution in [1.82, 2.24) is 0 Å². The van der Waals surface area contributed by atoms with Crippen LogP contribution in [0.4, 0.5) is 22.0 Å². The Labute approximate surface area is 122 Å². The van der Waals surface area contributed by atoms with E-state index in [1.807, 2.05) is 0 Å². The SMILES string of the molecule is CCOC(=O)Cc1cc(C(F)F)c(C#N)cc1OC(F)(F)F. The predicted octanol–water partition coefficient (Wildman–Crippen LogP) is 3.50. The number of esters is 1. The number of halogens is 5. The third-order valence-corrected chi connectivity index (χ3v) is 2.45. The largest absolute Gasteiger partial charge is 0.573 e. The van der Waals surface area contributed by atoms with E-state index in [0.717, 1.165) is 0 Å². The zero-order valence-corrected chi connectivity index (χ0v) is 11.2. The van der Waals surface area contributed by atoms with Crippen molar-refractivity contribution in [3.63, 3.8) is 0 Å². The smallest absolute Gasteiger partial charge is 0.466 e. The molecule has 0 bridgehead atoms. The van der Waals surface area contributed by atoms with Crippen molar-refractivity contribution in [2.45, 2.75) is 26.1 Å². The topological polar surface area (TPSA) is 59.3 Å². The molecule has 1 aromatic carbocycles. The van der Waals surface area contributed by atoms with E-state index in [0.29, 0.717) is 12.1 Å². The lowest BCUT2D eigenvalue weighted by Crippen LogP contribution is -2.19. The molecule has 9 heteroatoms. The quantitative estimate of drug-likeness (QED) is 0.615. The first-order chi connectivity index (χ1) is 10.2. The summed E-state index contributed by atoms with van der Waals surface area (Å²) >= 11 is 0. The highest BCUT2D eigenvalue weighted by Gasteiger charge is 2.33. The Hall–Kier alpha value is -2.37. The molecule has 0 fully saturated rings. The van der Waals surface area contributed by atoms with E-state index in [-0.39, 0.29) is 6.61 Å². The van der Waals surface area contributed by atoms with Crippen molar-refractivity contribution in [3.8, 4) is 11.8 Å². The number of nitriles is 1. The van der Waals surface area contributed by atoms with Gasteiger partial charge in [0.1, 0.15) is 5.75 Å². The van der Waals surface area contributed by atoms with Crippen LogP contribution in [0, 0.1) is 11.3 Å². The number of benzene rings is 1. The molecule has 0 aliphatic heterocycles. The molecule has 0 unspecified atom stereocenters. The van der Waals surface area contributed by atoms with Gasteiger partial charge in [0.2, 0.25) is 0 Å². The Morgan fingerprint density at radius 1 is 1.36 bits per heavy atom. The van der Waals surface area contributed by atoms with Crippen LogP contribution in [0.25, 0.3) is 0 Å². The molecule has 0 N–H and O–H groups in total. The lowest BCUT2D eigenvalue weighted by molar-refractivity contribution is -0.275. The summed E-state index contributed by atoms with van der Waals surface area (Å²) in [6.45, 7) is 1.46. The molecule has 0 aliphatic carbocycles. The summed E-state index contributed by atoms with van der Waals surface area (Å²) < 4.78 is 70.9. The molecule has 0 amide bonds. The van der Waals surface area contributed by atoms with Gasteiger partial charge in [0.25, 0.3) is 6.43 Å². The van der Waals surface area contributed by atoms with Crippen LogP contribution >= 0.6 is 0 Å². The Bertz CT molecular complexity index is 593. The summed E-state index contributed by atoms with van der Waals surface area (Å²) in [4.78, 5) is 11.4. The third-order valence-electron chi connectivity index (χ3n) is 2.45. The fraction of sp³-hybridized carbons (Fsp3) is 0.385. The maximum Gasteiger partial charge on any atom is 0.573 e. The van der Waals surface area contributed by atoms with Gasteiger partial charge < -0.3 is 9.47 Å². The van der Waals surface area contributed by atoms with E-state index >= 15 is 0 Å². The molecular formula is C13H10F5NO3. The van der Waals surface area contributed by atoms with Crippen LogP contribution in [0.3, 0.4) is 0 Å². The molecule has 1 rings (SSSR count). The summed E-state index contributed by atoms with van der Waals surface area (Å²) in [5.74, 6) is -1.79. The van der Waals surface area contributed by atoms with E-state index in [4.69, 9.17) is 5.26 Å². The molecular weight excluding hydrogens is 313 g/mol. The van der Waals surface area contributed by atoms with Gasteiger partial charge in [0, 0.05) is 11.1 Å². The molecule has 0 spiro atoms. The molecule has 0 aromatic heterocycles. The number of rotatable bonds is 5. The first-order valence-electron chi connectivity index (χ1n) is 5.94. The van der Waals surface area contributed by atoms with Crippen molar-refractivity contribution in [1.29, 1.82) is 5.26 Å². The molecule has 0 atom stereocenters. The maximum atomic E-state index is 12.8. The number of carbonyl (C=O) groups is 1. The second-order valence-corrected chi connectivity index (χ2v) is 3.99. The van der Waals surface area contributed by atoms with Gasteiger partial charge in [0.15, 0.2) is 0 Å². The summed E-state index contributed by atoms with van der Waals surface area (Å²) in [6.07, 6.45) is -8.87. The number of carbonyl (C=O) groups excluding carboxylic acids is 1. The standard InChI is InChI=1S/C13H10F5NO3/c1-2-21-11(20)5-7-3-9(12(14)15)8(6-19)4-10(7)22-13(16,17)18/h3-4,12H,2,5H2,1H3. The van der Waals surface area contributed by atoms with Crippen LogP contribution in [0.1, 0.15) is 30.0 Å². The van der Waals surface area contributed by atoms with Gasteiger partial charge in [-0.3, -0.25) is 4.79 Å². The van der Waals surface area contributed by atoms with E-state index in [1.54, 1.807) is 0 Å². The van der Waals surface area contributed by atoms with Crippen LogP contribution < -0.4 is 4.74 Å². The van der Waals surface area contributed by atoms with Crippen LogP contribution in [0.15, 0.2) is 12.1 Å². The number of ether oxygens (including phenoxy) is 2. The zero-order valence-electron chi connectivity index (χ0n) is 11.2. The Balaban J connectivity index is 3.32. The maximum absolute atomic E-state index is 12.8. The van der Waals surface area contributed by atoms with Crippen molar-refractivity contribution in [2.24, 2.45) is 0 Å². The van der Waals surface area contributed by atoms with E-state index in [2.05, 4.69) is 9.47 Å². The summed E-state index contributed by atoms with van der Waals surface area (Å²) in [6, 6.07) is 2.54. The summed E-state index contributed by atoms with van der Waals surface area (Å²) in [5, 5.41) is 8.74. The van der Waals surface area contributed by atoms with Gasteiger partial charge in [-0.2, -0.15) is 5.26 Å². The molecule has 0 aliphatic rings. The van der Waals surface area contributed by atoms with Crippen LogP contribution in [-0.2, 0) is 16.0 Å². The number of hydrogen-bond acceptors (Lipinski definition) is 4. The predicted molar refractivity (Wildman–Crippen MR) is 63.1 cm³/mol. The van der Waals surface area contributed by atoms with Gasteiger partial charge in [0.05, 0.1) is 24.7 Å². The molecule has 4 nitrogen and oxygen atoms in total. The first-order valence-corrected chi connectivity index (χ1v) is 5.94. The molecule has 22 heavy (non-hydrogen) atoms. The van der Waals surface area contributed by atoms with E-state index in [1.165, 1.54) is 13.0 Å². The third kappa shape index (κ3) is 4.87. The van der Waals surface area contributed by atoms with Gasteiger partial charge in [-0.15, -0.1) is 13.2 Å². The number of nitrogens with zero attached hydrogens (tertiary/aromatic N) is 1. The average Bonchev–Trinajstić information content (AvgIpc) is 2.38.